The molecule has 1 aliphatic heterocycles. The van der Waals surface area contributed by atoms with E-state index in [1.165, 1.54) is 35.1 Å². The largest absolute Gasteiger partial charge is 0.353 e. The van der Waals surface area contributed by atoms with Crippen molar-refractivity contribution in [3.05, 3.63) is 77.9 Å². The molecule has 0 aromatic heterocycles. The molecule has 2 amide bonds. The standard InChI is InChI=1S/C23H27N3O4S/c1-3-22(27)24-14-6-15-25(2)31(29,30)21-11-9-19(10-12-21)23(28)26-16-13-18-7-4-5-8-20(18)17-26/h3-5,7-12H,1,6,13-17H2,2H3,(H,24,27). The monoisotopic (exact) mass is 441 g/mol. The molecule has 1 heterocycles. The molecule has 0 saturated heterocycles. The summed E-state index contributed by atoms with van der Waals surface area (Å²) >= 11 is 0. The minimum absolute atomic E-state index is 0.107. The first-order chi connectivity index (χ1) is 14.8. The summed E-state index contributed by atoms with van der Waals surface area (Å²) in [5.41, 5.74) is 2.88. The fourth-order valence-electron chi connectivity index (χ4n) is 3.51. The topological polar surface area (TPSA) is 86.8 Å². The van der Waals surface area contributed by atoms with E-state index in [1.54, 1.807) is 17.0 Å². The van der Waals surface area contributed by atoms with E-state index in [0.29, 0.717) is 31.6 Å². The predicted octanol–water partition coefficient (Wildman–Crippen LogP) is 2.20. The van der Waals surface area contributed by atoms with Gasteiger partial charge in [0.25, 0.3) is 5.91 Å². The molecule has 3 rings (SSSR count). The van der Waals surface area contributed by atoms with Gasteiger partial charge in [-0.3, -0.25) is 9.59 Å². The molecule has 8 heteroatoms. The van der Waals surface area contributed by atoms with Gasteiger partial charge >= 0.3 is 0 Å². The molecule has 0 spiro atoms. The minimum atomic E-state index is -3.68. The van der Waals surface area contributed by atoms with Crippen LogP contribution >= 0.6 is 0 Å². The van der Waals surface area contributed by atoms with Crippen LogP contribution in [-0.2, 0) is 27.8 Å². The summed E-state index contributed by atoms with van der Waals surface area (Å²) in [4.78, 5) is 25.9. The van der Waals surface area contributed by atoms with Crippen molar-refractivity contribution in [2.45, 2.75) is 24.3 Å². The van der Waals surface area contributed by atoms with Crippen molar-refractivity contribution in [2.24, 2.45) is 0 Å². The highest BCUT2D eigenvalue weighted by Crippen LogP contribution is 2.21. The van der Waals surface area contributed by atoms with Crippen molar-refractivity contribution in [1.29, 1.82) is 0 Å². The third-order valence-electron chi connectivity index (χ3n) is 5.36. The van der Waals surface area contributed by atoms with Crippen LogP contribution in [0.5, 0.6) is 0 Å². The number of hydrogen-bond donors (Lipinski definition) is 1. The van der Waals surface area contributed by atoms with Gasteiger partial charge in [0.1, 0.15) is 0 Å². The molecule has 31 heavy (non-hydrogen) atoms. The van der Waals surface area contributed by atoms with E-state index < -0.39 is 10.0 Å². The van der Waals surface area contributed by atoms with E-state index in [4.69, 9.17) is 0 Å². The Balaban J connectivity index is 1.61. The smallest absolute Gasteiger partial charge is 0.254 e. The van der Waals surface area contributed by atoms with Crippen LogP contribution in [0.3, 0.4) is 0 Å². The lowest BCUT2D eigenvalue weighted by Gasteiger charge is -2.29. The molecule has 1 aliphatic rings. The summed E-state index contributed by atoms with van der Waals surface area (Å²) < 4.78 is 26.8. The molecular formula is C23H27N3O4S. The molecule has 0 aliphatic carbocycles. The highest BCUT2D eigenvalue weighted by atomic mass is 32.2. The SMILES string of the molecule is C=CC(=O)NCCCN(C)S(=O)(=O)c1ccc(C(=O)N2CCc3ccccc3C2)cc1. The maximum atomic E-state index is 12.9. The molecule has 1 N–H and O–H groups in total. The van der Waals surface area contributed by atoms with Gasteiger partial charge in [-0.05, 0) is 54.3 Å². The zero-order valence-electron chi connectivity index (χ0n) is 17.6. The summed E-state index contributed by atoms with van der Waals surface area (Å²) in [6.07, 6.45) is 2.46. The Kier molecular flexibility index (Phi) is 7.25. The van der Waals surface area contributed by atoms with Crippen molar-refractivity contribution in [2.75, 3.05) is 26.7 Å². The van der Waals surface area contributed by atoms with Gasteiger partial charge in [-0.2, -0.15) is 0 Å². The Bertz CT molecular complexity index is 1060. The maximum absolute atomic E-state index is 12.9. The van der Waals surface area contributed by atoms with E-state index >= 15 is 0 Å². The second-order valence-corrected chi connectivity index (χ2v) is 9.49. The lowest BCUT2D eigenvalue weighted by atomic mass is 9.99. The van der Waals surface area contributed by atoms with E-state index in [-0.39, 0.29) is 23.3 Å². The number of sulfonamides is 1. The zero-order chi connectivity index (χ0) is 22.4. The highest BCUT2D eigenvalue weighted by molar-refractivity contribution is 7.89. The Morgan fingerprint density at radius 2 is 1.81 bits per heavy atom. The molecule has 2 aromatic rings. The highest BCUT2D eigenvalue weighted by Gasteiger charge is 2.24. The van der Waals surface area contributed by atoms with Crippen LogP contribution in [0.4, 0.5) is 0 Å². The number of hydrogen-bond acceptors (Lipinski definition) is 4. The fraction of sp³-hybridized carbons (Fsp3) is 0.304. The minimum Gasteiger partial charge on any atom is -0.353 e. The van der Waals surface area contributed by atoms with Gasteiger partial charge in [-0.25, -0.2) is 12.7 Å². The van der Waals surface area contributed by atoms with Gasteiger partial charge in [0.2, 0.25) is 15.9 Å². The van der Waals surface area contributed by atoms with Crippen LogP contribution in [0.25, 0.3) is 0 Å². The first kappa shape index (κ1) is 22.7. The molecule has 0 bridgehead atoms. The van der Waals surface area contributed by atoms with Gasteiger partial charge < -0.3 is 10.2 Å². The molecule has 0 unspecified atom stereocenters. The van der Waals surface area contributed by atoms with Crippen molar-refractivity contribution in [1.82, 2.24) is 14.5 Å². The summed E-state index contributed by atoms with van der Waals surface area (Å²) in [6, 6.07) is 14.2. The fourth-order valence-corrected chi connectivity index (χ4v) is 4.72. The number of nitrogens with one attached hydrogen (secondary N) is 1. The van der Waals surface area contributed by atoms with Crippen LogP contribution < -0.4 is 5.32 Å². The van der Waals surface area contributed by atoms with E-state index in [2.05, 4.69) is 18.0 Å². The molecule has 7 nitrogen and oxygen atoms in total. The van der Waals surface area contributed by atoms with Crippen molar-refractivity contribution < 1.29 is 18.0 Å². The van der Waals surface area contributed by atoms with Crippen LogP contribution in [0, 0.1) is 0 Å². The molecule has 0 fully saturated rings. The van der Waals surface area contributed by atoms with E-state index in [0.717, 1.165) is 12.0 Å². The molecule has 2 aromatic carbocycles. The average Bonchev–Trinajstić information content (AvgIpc) is 2.80. The number of fused-ring (bicyclic) bond motifs is 1. The number of amides is 2. The van der Waals surface area contributed by atoms with Gasteiger partial charge in [0.15, 0.2) is 0 Å². The second kappa shape index (κ2) is 9.89. The quantitative estimate of drug-likeness (QED) is 0.503. The number of nitrogens with zero attached hydrogens (tertiary/aromatic N) is 2. The number of rotatable bonds is 8. The van der Waals surface area contributed by atoms with Crippen molar-refractivity contribution in [3.63, 3.8) is 0 Å². The Morgan fingerprint density at radius 3 is 2.48 bits per heavy atom. The van der Waals surface area contributed by atoms with Crippen molar-refractivity contribution >= 4 is 21.8 Å². The average molecular weight is 442 g/mol. The number of carbonyl (C=O) groups is 2. The zero-order valence-corrected chi connectivity index (χ0v) is 18.4. The van der Waals surface area contributed by atoms with Crippen LogP contribution in [0.15, 0.2) is 66.1 Å². The Morgan fingerprint density at radius 1 is 1.13 bits per heavy atom. The number of carbonyl (C=O) groups excluding carboxylic acids is 2. The predicted molar refractivity (Wildman–Crippen MR) is 119 cm³/mol. The number of benzene rings is 2. The molecule has 0 atom stereocenters. The molecule has 164 valence electrons. The first-order valence-electron chi connectivity index (χ1n) is 10.2. The summed E-state index contributed by atoms with van der Waals surface area (Å²) in [6.45, 7) is 5.18. The lowest BCUT2D eigenvalue weighted by Crippen LogP contribution is -2.36. The van der Waals surface area contributed by atoms with Crippen LogP contribution in [0.1, 0.15) is 27.9 Å². The lowest BCUT2D eigenvalue weighted by molar-refractivity contribution is -0.116. The van der Waals surface area contributed by atoms with Gasteiger partial charge in [-0.15, -0.1) is 0 Å². The summed E-state index contributed by atoms with van der Waals surface area (Å²) in [5, 5.41) is 2.62. The third kappa shape index (κ3) is 5.39. The summed E-state index contributed by atoms with van der Waals surface area (Å²) in [7, 11) is -2.18. The normalized spacial score (nSPS) is 13.5. The van der Waals surface area contributed by atoms with Gasteiger partial charge in [0.05, 0.1) is 4.90 Å². The van der Waals surface area contributed by atoms with Crippen LogP contribution in [-0.4, -0.2) is 56.1 Å². The van der Waals surface area contributed by atoms with Gasteiger partial charge in [0, 0.05) is 38.8 Å². The third-order valence-corrected chi connectivity index (χ3v) is 7.23. The van der Waals surface area contributed by atoms with Crippen molar-refractivity contribution in [3.8, 4) is 0 Å². The molecular weight excluding hydrogens is 414 g/mol. The van der Waals surface area contributed by atoms with Gasteiger partial charge in [-0.1, -0.05) is 30.8 Å². The van der Waals surface area contributed by atoms with E-state index in [9.17, 15) is 18.0 Å². The van der Waals surface area contributed by atoms with E-state index in [1.807, 2.05) is 18.2 Å². The van der Waals surface area contributed by atoms with Crippen LogP contribution in [0.2, 0.25) is 0 Å². The Labute approximate surface area is 183 Å². The maximum Gasteiger partial charge on any atom is 0.254 e. The molecule has 0 saturated carbocycles. The molecule has 0 radical (unpaired) electrons. The first-order valence-corrected chi connectivity index (χ1v) is 11.6. The summed E-state index contributed by atoms with van der Waals surface area (Å²) in [5.74, 6) is -0.396. The second-order valence-electron chi connectivity index (χ2n) is 7.45. The Hall–Kier alpha value is -2.97.